The Balaban J connectivity index is 3.71. The fourth-order valence-corrected chi connectivity index (χ4v) is 4.87. The Morgan fingerprint density at radius 3 is 2.19 bits per heavy atom. The highest BCUT2D eigenvalue weighted by atomic mass is 28.4. The molecule has 3 unspecified atom stereocenters. The quantitative estimate of drug-likeness (QED) is 0.381. The van der Waals surface area contributed by atoms with Crippen LogP contribution in [0.3, 0.4) is 0 Å². The zero-order chi connectivity index (χ0) is 16.1. The van der Waals surface area contributed by atoms with Gasteiger partial charge in [-0.15, -0.1) is 0 Å². The van der Waals surface area contributed by atoms with Crippen molar-refractivity contribution in [3.05, 3.63) is 0 Å². The van der Waals surface area contributed by atoms with Crippen molar-refractivity contribution in [3.8, 4) is 0 Å². The second kappa shape index (κ2) is 12.6. The summed E-state index contributed by atoms with van der Waals surface area (Å²) < 4.78 is 11.2. The molecule has 0 radical (unpaired) electrons. The van der Waals surface area contributed by atoms with Crippen molar-refractivity contribution in [1.29, 1.82) is 0 Å². The van der Waals surface area contributed by atoms with Gasteiger partial charge in [-0.1, -0.05) is 39.0 Å². The molecule has 0 spiro atoms. The van der Waals surface area contributed by atoms with Gasteiger partial charge in [-0.2, -0.15) is 0 Å². The second-order valence-electron chi connectivity index (χ2n) is 6.30. The molecular weight excluding hydrogens is 284 g/mol. The lowest BCUT2D eigenvalue weighted by molar-refractivity contribution is -0.0302. The van der Waals surface area contributed by atoms with Crippen LogP contribution < -0.4 is 0 Å². The van der Waals surface area contributed by atoms with Crippen molar-refractivity contribution in [2.24, 2.45) is 0 Å². The summed E-state index contributed by atoms with van der Waals surface area (Å²) in [6.07, 6.45) is 6.01. The topological polar surface area (TPSA) is 58.9 Å². The number of unbranched alkanes of at least 4 members (excludes halogenated alkanes) is 4. The van der Waals surface area contributed by atoms with E-state index in [1.54, 1.807) is 6.92 Å². The first-order valence-corrected chi connectivity index (χ1v) is 11.3. The molecule has 4 nitrogen and oxygen atoms in total. The minimum absolute atomic E-state index is 0.208. The third kappa shape index (κ3) is 11.3. The number of aliphatic hydroxyl groups is 2. The maximum atomic E-state index is 9.43. The molecule has 2 N–H and O–H groups in total. The molecule has 0 aromatic carbocycles. The Labute approximate surface area is 132 Å². The molecule has 0 fully saturated rings. The van der Waals surface area contributed by atoms with Crippen LogP contribution in [0.1, 0.15) is 52.4 Å². The van der Waals surface area contributed by atoms with Crippen LogP contribution >= 0.6 is 0 Å². The van der Waals surface area contributed by atoms with Gasteiger partial charge in [0.1, 0.15) is 6.10 Å². The highest BCUT2D eigenvalue weighted by molar-refractivity contribution is 6.72. The van der Waals surface area contributed by atoms with E-state index in [9.17, 15) is 5.11 Å². The summed E-state index contributed by atoms with van der Waals surface area (Å²) in [5.74, 6) is 0. The molecule has 21 heavy (non-hydrogen) atoms. The molecule has 0 saturated heterocycles. The van der Waals surface area contributed by atoms with Crippen LogP contribution in [0.5, 0.6) is 0 Å². The van der Waals surface area contributed by atoms with E-state index in [-0.39, 0.29) is 6.61 Å². The van der Waals surface area contributed by atoms with Gasteiger partial charge in [0, 0.05) is 13.7 Å². The summed E-state index contributed by atoms with van der Waals surface area (Å²) in [4.78, 5) is 0. The predicted octanol–water partition coefficient (Wildman–Crippen LogP) is 3.33. The number of rotatable bonds is 14. The molecule has 0 aliphatic carbocycles. The van der Waals surface area contributed by atoms with E-state index in [2.05, 4.69) is 13.5 Å². The van der Waals surface area contributed by atoms with Crippen LogP contribution in [0.15, 0.2) is 0 Å². The fourth-order valence-electron chi connectivity index (χ4n) is 2.32. The largest absolute Gasteiger partial charge is 0.420 e. The van der Waals surface area contributed by atoms with Gasteiger partial charge in [-0.25, -0.2) is 0 Å². The van der Waals surface area contributed by atoms with E-state index in [1.807, 2.05) is 7.11 Å². The van der Waals surface area contributed by atoms with Crippen molar-refractivity contribution >= 4 is 8.32 Å². The lowest BCUT2D eigenvalue weighted by Gasteiger charge is -2.25. The average Bonchev–Trinajstić information content (AvgIpc) is 2.46. The summed E-state index contributed by atoms with van der Waals surface area (Å²) in [5.41, 5.74) is 0. The normalized spacial score (nSPS) is 17.4. The summed E-state index contributed by atoms with van der Waals surface area (Å²) >= 11 is 0. The van der Waals surface area contributed by atoms with E-state index in [4.69, 9.17) is 14.3 Å². The van der Waals surface area contributed by atoms with Crippen LogP contribution in [0.4, 0.5) is 0 Å². The van der Waals surface area contributed by atoms with Gasteiger partial charge < -0.3 is 19.4 Å². The molecule has 0 aliphatic rings. The number of aliphatic hydroxyl groups excluding tert-OH is 2. The number of hydrogen-bond acceptors (Lipinski definition) is 4. The lowest BCUT2D eigenvalue weighted by Crippen LogP contribution is -2.33. The number of ether oxygens (including phenoxy) is 1. The molecule has 0 bridgehead atoms. The Bertz CT molecular complexity index is 238. The summed E-state index contributed by atoms with van der Waals surface area (Å²) in [6, 6.07) is 2.32. The van der Waals surface area contributed by atoms with E-state index in [0.717, 1.165) is 12.5 Å². The maximum Gasteiger partial charge on any atom is 0.189 e. The Kier molecular flexibility index (Phi) is 12.6. The van der Waals surface area contributed by atoms with Crippen LogP contribution in [0.2, 0.25) is 18.6 Å². The van der Waals surface area contributed by atoms with Gasteiger partial charge >= 0.3 is 0 Å². The first-order chi connectivity index (χ1) is 9.95. The Morgan fingerprint density at radius 1 is 1.00 bits per heavy atom. The number of hydrogen-bond donors (Lipinski definition) is 2. The van der Waals surface area contributed by atoms with E-state index < -0.39 is 20.5 Å². The van der Waals surface area contributed by atoms with Gasteiger partial charge in [0.15, 0.2) is 8.32 Å². The summed E-state index contributed by atoms with van der Waals surface area (Å²) in [5, 5.41) is 18.6. The van der Waals surface area contributed by atoms with Gasteiger partial charge in [0.05, 0.1) is 12.7 Å². The molecular formula is C16H36O4Si. The third-order valence-corrected chi connectivity index (χ3v) is 7.95. The monoisotopic (exact) mass is 320 g/mol. The van der Waals surface area contributed by atoms with E-state index in [1.165, 1.54) is 38.1 Å². The van der Waals surface area contributed by atoms with Crippen molar-refractivity contribution in [3.63, 3.8) is 0 Å². The van der Waals surface area contributed by atoms with Crippen LogP contribution in [0, 0.1) is 0 Å². The molecule has 0 saturated carbocycles. The molecule has 0 aromatic heterocycles. The zero-order valence-corrected chi connectivity index (χ0v) is 15.4. The predicted molar refractivity (Wildman–Crippen MR) is 90.1 cm³/mol. The highest BCUT2D eigenvalue weighted by Gasteiger charge is 2.26. The van der Waals surface area contributed by atoms with Gasteiger partial charge in [-0.3, -0.25) is 0 Å². The SMILES string of the molecule is CCCCCCC[Si](C)(CCCOCC(O)C(C)O)OC. The Hall–Kier alpha value is 0.0569. The summed E-state index contributed by atoms with van der Waals surface area (Å²) in [7, 11) is 0.269. The molecule has 0 aromatic rings. The summed E-state index contributed by atoms with van der Waals surface area (Å²) in [6.45, 7) is 6.95. The first-order valence-electron chi connectivity index (χ1n) is 8.44. The molecule has 0 rings (SSSR count). The molecule has 3 atom stereocenters. The standard InChI is InChI=1S/C16H36O4Si/c1-5-6-7-8-9-12-21(4,19-3)13-10-11-20-14-16(18)15(2)17/h15-18H,5-14H2,1-4H3. The minimum atomic E-state index is -1.57. The van der Waals surface area contributed by atoms with Gasteiger partial charge in [0.25, 0.3) is 0 Å². The average molecular weight is 321 g/mol. The van der Waals surface area contributed by atoms with Crippen molar-refractivity contribution in [2.75, 3.05) is 20.3 Å². The lowest BCUT2D eigenvalue weighted by atomic mass is 10.2. The van der Waals surface area contributed by atoms with Crippen molar-refractivity contribution in [2.45, 2.75) is 83.2 Å². The smallest absolute Gasteiger partial charge is 0.189 e. The fraction of sp³-hybridized carbons (Fsp3) is 1.00. The highest BCUT2D eigenvalue weighted by Crippen LogP contribution is 2.22. The molecule has 0 amide bonds. The van der Waals surface area contributed by atoms with Crippen molar-refractivity contribution in [1.82, 2.24) is 0 Å². The maximum absolute atomic E-state index is 9.43. The third-order valence-electron chi connectivity index (χ3n) is 4.14. The molecule has 0 heterocycles. The van der Waals surface area contributed by atoms with Crippen LogP contribution in [-0.2, 0) is 9.16 Å². The molecule has 128 valence electrons. The minimum Gasteiger partial charge on any atom is -0.420 e. The van der Waals surface area contributed by atoms with Gasteiger partial charge in [0.2, 0.25) is 0 Å². The van der Waals surface area contributed by atoms with Crippen LogP contribution in [0.25, 0.3) is 0 Å². The van der Waals surface area contributed by atoms with Crippen molar-refractivity contribution < 1.29 is 19.4 Å². The Morgan fingerprint density at radius 2 is 1.62 bits per heavy atom. The molecule has 0 aliphatic heterocycles. The van der Waals surface area contributed by atoms with Crippen LogP contribution in [-0.4, -0.2) is 51.1 Å². The van der Waals surface area contributed by atoms with E-state index >= 15 is 0 Å². The zero-order valence-electron chi connectivity index (χ0n) is 14.4. The van der Waals surface area contributed by atoms with E-state index in [0.29, 0.717) is 6.61 Å². The molecule has 5 heteroatoms. The first kappa shape index (κ1) is 21.1. The second-order valence-corrected chi connectivity index (χ2v) is 10.6. The van der Waals surface area contributed by atoms with Gasteiger partial charge in [-0.05, 0) is 32.0 Å².